The van der Waals surface area contributed by atoms with Crippen molar-refractivity contribution in [2.24, 2.45) is 0 Å². The molecule has 0 bridgehead atoms. The predicted molar refractivity (Wildman–Crippen MR) is 105 cm³/mol. The topological polar surface area (TPSA) is 64.3 Å². The molecule has 1 aromatic heterocycles. The van der Waals surface area contributed by atoms with Crippen LogP contribution in [0.3, 0.4) is 0 Å². The Morgan fingerprint density at radius 3 is 2.74 bits per heavy atom. The summed E-state index contributed by atoms with van der Waals surface area (Å²) in [5.41, 5.74) is 2.07. The molecule has 0 amide bonds. The summed E-state index contributed by atoms with van der Waals surface area (Å²) in [7, 11) is 0. The Morgan fingerprint density at radius 1 is 1.26 bits per heavy atom. The quantitative estimate of drug-likeness (QED) is 0.507. The fraction of sp³-hybridized carbons (Fsp3) is 0.143. The second-order valence-electron chi connectivity index (χ2n) is 5.85. The highest BCUT2D eigenvalue weighted by molar-refractivity contribution is 6.32. The van der Waals surface area contributed by atoms with Gasteiger partial charge >= 0.3 is 5.97 Å². The maximum Gasteiger partial charge on any atom is 0.341 e. The Labute approximate surface area is 162 Å². The normalized spacial score (nSPS) is 11.4. The van der Waals surface area contributed by atoms with Crippen LogP contribution in [0.5, 0.6) is 5.75 Å². The average molecular weight is 383 g/mol. The van der Waals surface area contributed by atoms with E-state index >= 15 is 0 Å². The van der Waals surface area contributed by atoms with Crippen LogP contribution in [0, 0.1) is 0 Å². The molecule has 0 fully saturated rings. The number of halogens is 1. The third-order valence-electron chi connectivity index (χ3n) is 3.93. The van der Waals surface area contributed by atoms with E-state index in [1.807, 2.05) is 41.1 Å². The molecule has 0 saturated carbocycles. The number of hydrogen-bond donors (Lipinski definition) is 1. The van der Waals surface area contributed by atoms with Crippen molar-refractivity contribution in [2.45, 2.75) is 13.5 Å². The fourth-order valence-corrected chi connectivity index (χ4v) is 2.85. The molecule has 0 radical (unpaired) electrons. The van der Waals surface area contributed by atoms with E-state index in [-0.39, 0.29) is 17.4 Å². The molecule has 0 unspecified atom stereocenters. The SMILES string of the molecule is CCOC(=O)/C(=C/c1ccc(O)c(Cl)c1)c1nccn1Cc1ccccc1. The molecule has 3 aromatic rings. The lowest BCUT2D eigenvalue weighted by molar-refractivity contribution is -0.136. The Morgan fingerprint density at radius 2 is 2.04 bits per heavy atom. The molecule has 1 heterocycles. The standard InChI is InChI=1S/C21H19ClN2O3/c1-2-27-21(26)17(12-16-8-9-19(25)18(22)13-16)20-23-10-11-24(20)14-15-6-4-3-5-7-15/h3-13,25H,2,14H2,1H3/b17-12+. The number of phenolic OH excluding ortho intramolecular Hbond substituents is 1. The van der Waals surface area contributed by atoms with Crippen LogP contribution in [0.2, 0.25) is 5.02 Å². The van der Waals surface area contributed by atoms with Crippen LogP contribution in [0.1, 0.15) is 23.9 Å². The first kappa shape index (κ1) is 18.7. The number of nitrogens with zero attached hydrogens (tertiary/aromatic N) is 2. The highest BCUT2D eigenvalue weighted by atomic mass is 35.5. The number of carbonyl (C=O) groups is 1. The molecular weight excluding hydrogens is 364 g/mol. The first-order chi connectivity index (χ1) is 13.1. The fourth-order valence-electron chi connectivity index (χ4n) is 2.66. The summed E-state index contributed by atoms with van der Waals surface area (Å²) in [5, 5.41) is 9.81. The molecule has 5 nitrogen and oxygen atoms in total. The summed E-state index contributed by atoms with van der Waals surface area (Å²) in [4.78, 5) is 16.9. The molecule has 138 valence electrons. The third kappa shape index (κ3) is 4.57. The number of rotatable bonds is 6. The lowest BCUT2D eigenvalue weighted by Crippen LogP contribution is -2.12. The van der Waals surface area contributed by atoms with Gasteiger partial charge in [0.1, 0.15) is 17.1 Å². The summed E-state index contributed by atoms with van der Waals surface area (Å²) >= 11 is 5.99. The lowest BCUT2D eigenvalue weighted by atomic mass is 10.1. The zero-order chi connectivity index (χ0) is 19.2. The second-order valence-corrected chi connectivity index (χ2v) is 6.26. The molecule has 0 spiro atoms. The number of esters is 1. The van der Waals surface area contributed by atoms with Gasteiger partial charge in [0, 0.05) is 18.9 Å². The summed E-state index contributed by atoms with van der Waals surface area (Å²) < 4.78 is 7.11. The maximum absolute atomic E-state index is 12.6. The highest BCUT2D eigenvalue weighted by Crippen LogP contribution is 2.26. The van der Waals surface area contributed by atoms with Crippen molar-refractivity contribution < 1.29 is 14.6 Å². The number of ether oxygens (including phenoxy) is 1. The lowest BCUT2D eigenvalue weighted by Gasteiger charge is -2.11. The smallest absolute Gasteiger partial charge is 0.341 e. The molecule has 0 saturated heterocycles. The molecule has 27 heavy (non-hydrogen) atoms. The van der Waals surface area contributed by atoms with Gasteiger partial charge in [0.15, 0.2) is 0 Å². The summed E-state index contributed by atoms with van der Waals surface area (Å²) in [5.74, 6) is 0.0146. The van der Waals surface area contributed by atoms with Gasteiger partial charge in [-0.2, -0.15) is 0 Å². The van der Waals surface area contributed by atoms with Gasteiger partial charge in [0.2, 0.25) is 0 Å². The van der Waals surface area contributed by atoms with Gasteiger partial charge in [-0.05, 0) is 36.3 Å². The van der Waals surface area contributed by atoms with E-state index in [1.54, 1.807) is 31.3 Å². The van der Waals surface area contributed by atoms with E-state index in [0.29, 0.717) is 23.5 Å². The zero-order valence-electron chi connectivity index (χ0n) is 14.8. The van der Waals surface area contributed by atoms with Crippen LogP contribution < -0.4 is 0 Å². The molecule has 3 rings (SSSR count). The summed E-state index contributed by atoms with van der Waals surface area (Å²) in [6.45, 7) is 2.58. The minimum atomic E-state index is -0.470. The Kier molecular flexibility index (Phi) is 5.94. The first-order valence-corrected chi connectivity index (χ1v) is 8.89. The minimum Gasteiger partial charge on any atom is -0.506 e. The Bertz CT molecular complexity index is 965. The van der Waals surface area contributed by atoms with Crippen molar-refractivity contribution in [3.63, 3.8) is 0 Å². The van der Waals surface area contributed by atoms with E-state index in [9.17, 15) is 9.90 Å². The highest BCUT2D eigenvalue weighted by Gasteiger charge is 2.19. The minimum absolute atomic E-state index is 0.0166. The second kappa shape index (κ2) is 8.56. The van der Waals surface area contributed by atoms with Gasteiger partial charge in [-0.3, -0.25) is 0 Å². The molecule has 6 heteroatoms. The van der Waals surface area contributed by atoms with Crippen molar-refractivity contribution in [1.29, 1.82) is 0 Å². The molecule has 2 aromatic carbocycles. The third-order valence-corrected chi connectivity index (χ3v) is 4.23. The van der Waals surface area contributed by atoms with Crippen LogP contribution in [0.25, 0.3) is 11.6 Å². The molecule has 1 N–H and O–H groups in total. The average Bonchev–Trinajstić information content (AvgIpc) is 3.11. The Balaban J connectivity index is 2.02. The maximum atomic E-state index is 12.6. The van der Waals surface area contributed by atoms with Crippen LogP contribution in [-0.4, -0.2) is 27.2 Å². The van der Waals surface area contributed by atoms with E-state index in [0.717, 1.165) is 5.56 Å². The van der Waals surface area contributed by atoms with Crippen LogP contribution in [-0.2, 0) is 16.1 Å². The Hall–Kier alpha value is -3.05. The number of aromatic hydroxyl groups is 1. The number of aromatic nitrogens is 2. The van der Waals surface area contributed by atoms with E-state index in [4.69, 9.17) is 16.3 Å². The van der Waals surface area contributed by atoms with Crippen molar-refractivity contribution in [3.8, 4) is 5.75 Å². The van der Waals surface area contributed by atoms with Gasteiger partial charge in [0.25, 0.3) is 0 Å². The van der Waals surface area contributed by atoms with Crippen molar-refractivity contribution in [2.75, 3.05) is 6.61 Å². The number of imidazole rings is 1. The van der Waals surface area contributed by atoms with Crippen LogP contribution in [0.4, 0.5) is 0 Å². The molecule has 0 aliphatic carbocycles. The predicted octanol–water partition coefficient (Wildman–Crippen LogP) is 4.39. The van der Waals surface area contributed by atoms with E-state index in [1.165, 1.54) is 6.07 Å². The first-order valence-electron chi connectivity index (χ1n) is 8.51. The van der Waals surface area contributed by atoms with Gasteiger partial charge in [-0.1, -0.05) is 48.0 Å². The number of carbonyl (C=O) groups excluding carboxylic acids is 1. The van der Waals surface area contributed by atoms with Gasteiger partial charge in [0.05, 0.1) is 11.6 Å². The zero-order valence-corrected chi connectivity index (χ0v) is 15.6. The van der Waals surface area contributed by atoms with Crippen molar-refractivity contribution >= 4 is 29.2 Å². The molecular formula is C21H19ClN2O3. The number of hydrogen-bond acceptors (Lipinski definition) is 4. The van der Waals surface area contributed by atoms with Crippen molar-refractivity contribution in [1.82, 2.24) is 9.55 Å². The largest absolute Gasteiger partial charge is 0.506 e. The molecule has 0 atom stereocenters. The van der Waals surface area contributed by atoms with E-state index < -0.39 is 5.97 Å². The van der Waals surface area contributed by atoms with Gasteiger partial charge < -0.3 is 14.4 Å². The van der Waals surface area contributed by atoms with E-state index in [2.05, 4.69) is 4.98 Å². The molecule has 0 aliphatic heterocycles. The monoisotopic (exact) mass is 382 g/mol. The number of benzene rings is 2. The van der Waals surface area contributed by atoms with Crippen LogP contribution >= 0.6 is 11.6 Å². The number of phenols is 1. The van der Waals surface area contributed by atoms with Crippen molar-refractivity contribution in [3.05, 3.63) is 82.9 Å². The van der Waals surface area contributed by atoms with Gasteiger partial charge in [-0.25, -0.2) is 9.78 Å². The van der Waals surface area contributed by atoms with Crippen LogP contribution in [0.15, 0.2) is 60.9 Å². The summed E-state index contributed by atoms with van der Waals surface area (Å²) in [6, 6.07) is 14.6. The van der Waals surface area contributed by atoms with Gasteiger partial charge in [-0.15, -0.1) is 0 Å². The summed E-state index contributed by atoms with van der Waals surface area (Å²) in [6.07, 6.45) is 5.13. The molecule has 0 aliphatic rings.